The van der Waals surface area contributed by atoms with Gasteiger partial charge in [-0.3, -0.25) is 0 Å². The van der Waals surface area contributed by atoms with Crippen molar-refractivity contribution in [1.82, 2.24) is 4.98 Å². The molecule has 5 nitrogen and oxygen atoms in total. The van der Waals surface area contributed by atoms with Gasteiger partial charge in [-0.15, -0.1) is 0 Å². The summed E-state index contributed by atoms with van der Waals surface area (Å²) in [6.45, 7) is 3.42. The number of nitrogens with zero attached hydrogens (tertiary/aromatic N) is 2. The highest BCUT2D eigenvalue weighted by molar-refractivity contribution is 6.35. The van der Waals surface area contributed by atoms with Crippen LogP contribution in [0.3, 0.4) is 0 Å². The zero-order valence-corrected chi connectivity index (χ0v) is 18.0. The number of fused-ring (bicyclic) bond motifs is 1. The monoisotopic (exact) mass is 444 g/mol. The van der Waals surface area contributed by atoms with E-state index in [0.717, 1.165) is 54.0 Å². The van der Waals surface area contributed by atoms with Crippen molar-refractivity contribution >= 4 is 39.9 Å². The van der Waals surface area contributed by atoms with Gasteiger partial charge in [-0.05, 0) is 30.3 Å². The summed E-state index contributed by atoms with van der Waals surface area (Å²) in [5, 5.41) is 2.24. The van der Waals surface area contributed by atoms with Crippen LogP contribution in [0, 0.1) is 0 Å². The molecule has 0 N–H and O–H groups in total. The maximum atomic E-state index is 6.28. The molecule has 2 saturated heterocycles. The van der Waals surface area contributed by atoms with Crippen molar-refractivity contribution in [2.45, 2.75) is 25.2 Å². The molecule has 0 aliphatic carbocycles. The Hall–Kier alpha value is -2.05. The lowest BCUT2D eigenvalue weighted by molar-refractivity contribution is -0.169. The number of pyridine rings is 1. The van der Waals surface area contributed by atoms with Gasteiger partial charge in [-0.1, -0.05) is 41.4 Å². The number of para-hydroxylation sites is 1. The van der Waals surface area contributed by atoms with E-state index in [1.54, 1.807) is 6.07 Å². The lowest BCUT2D eigenvalue weighted by Gasteiger charge is -2.38. The van der Waals surface area contributed by atoms with E-state index < -0.39 is 0 Å². The highest BCUT2D eigenvalue weighted by Gasteiger charge is 2.40. The summed E-state index contributed by atoms with van der Waals surface area (Å²) in [4.78, 5) is 7.21. The van der Waals surface area contributed by atoms with E-state index in [1.165, 1.54) is 0 Å². The summed E-state index contributed by atoms with van der Waals surface area (Å²) >= 11 is 12.3. The van der Waals surface area contributed by atoms with Gasteiger partial charge < -0.3 is 19.1 Å². The number of rotatable bonds is 4. The molecule has 30 heavy (non-hydrogen) atoms. The van der Waals surface area contributed by atoms with Gasteiger partial charge in [-0.2, -0.15) is 0 Å². The van der Waals surface area contributed by atoms with E-state index >= 15 is 0 Å². The molecular weight excluding hydrogens is 423 g/mol. The maximum absolute atomic E-state index is 6.28. The normalized spacial score (nSPS) is 18.3. The summed E-state index contributed by atoms with van der Waals surface area (Å²) in [6, 6.07) is 15.5. The Morgan fingerprint density at radius 3 is 2.57 bits per heavy atom. The first-order chi connectivity index (χ1) is 14.6. The molecule has 7 heteroatoms. The van der Waals surface area contributed by atoms with Gasteiger partial charge in [0.25, 0.3) is 0 Å². The first kappa shape index (κ1) is 19.9. The Bertz CT molecular complexity index is 1060. The highest BCUT2D eigenvalue weighted by atomic mass is 35.5. The van der Waals surface area contributed by atoms with Gasteiger partial charge in [-0.25, -0.2) is 4.98 Å². The molecule has 2 aromatic carbocycles. The fraction of sp³-hybridized carbons (Fsp3) is 0.348. The molecule has 2 fully saturated rings. The summed E-state index contributed by atoms with van der Waals surface area (Å²) in [5.41, 5.74) is 1.72. The Labute approximate surface area is 185 Å². The number of aromatic nitrogens is 1. The van der Waals surface area contributed by atoms with E-state index in [2.05, 4.69) is 17.0 Å². The number of hydrogen-bond donors (Lipinski definition) is 0. The molecule has 0 bridgehead atoms. The summed E-state index contributed by atoms with van der Waals surface area (Å²) in [5.74, 6) is 1.28. The van der Waals surface area contributed by atoms with Crippen LogP contribution in [-0.4, -0.2) is 37.1 Å². The SMILES string of the molecule is Clc1ccc(COc2cccc3ccc(N4CCC5(CC4)OCCO5)nc23)c(Cl)c1. The summed E-state index contributed by atoms with van der Waals surface area (Å²) in [7, 11) is 0. The molecule has 2 aliphatic heterocycles. The van der Waals surface area contributed by atoms with Crippen molar-refractivity contribution in [1.29, 1.82) is 0 Å². The number of halogens is 2. The van der Waals surface area contributed by atoms with Crippen LogP contribution >= 0.6 is 23.2 Å². The second-order valence-corrected chi connectivity index (χ2v) is 8.46. The van der Waals surface area contributed by atoms with Crippen LogP contribution in [0.25, 0.3) is 10.9 Å². The lowest BCUT2D eigenvalue weighted by atomic mass is 10.0. The minimum atomic E-state index is -0.389. The average molecular weight is 445 g/mol. The third-order valence-corrected chi connectivity index (χ3v) is 6.32. The topological polar surface area (TPSA) is 43.8 Å². The van der Waals surface area contributed by atoms with E-state index in [0.29, 0.717) is 29.9 Å². The van der Waals surface area contributed by atoms with Gasteiger partial charge >= 0.3 is 0 Å². The molecular formula is C23H22Cl2N2O3. The van der Waals surface area contributed by atoms with E-state index in [1.807, 2.05) is 30.3 Å². The largest absolute Gasteiger partial charge is 0.487 e. The minimum Gasteiger partial charge on any atom is -0.487 e. The van der Waals surface area contributed by atoms with Crippen molar-refractivity contribution < 1.29 is 14.2 Å². The quantitative estimate of drug-likeness (QED) is 0.534. The first-order valence-electron chi connectivity index (χ1n) is 10.1. The van der Waals surface area contributed by atoms with E-state index in [-0.39, 0.29) is 5.79 Å². The molecule has 1 spiro atoms. The van der Waals surface area contributed by atoms with E-state index in [4.69, 9.17) is 42.4 Å². The second-order valence-electron chi connectivity index (χ2n) is 7.62. The number of benzene rings is 2. The fourth-order valence-corrected chi connectivity index (χ4v) is 4.52. The van der Waals surface area contributed by atoms with Crippen molar-refractivity contribution in [3.05, 3.63) is 64.1 Å². The van der Waals surface area contributed by atoms with Crippen LogP contribution in [0.5, 0.6) is 5.75 Å². The van der Waals surface area contributed by atoms with E-state index in [9.17, 15) is 0 Å². The fourth-order valence-electron chi connectivity index (χ4n) is 4.06. The Morgan fingerprint density at radius 1 is 1.00 bits per heavy atom. The molecule has 0 atom stereocenters. The standard InChI is InChI=1S/C23H22Cl2N2O3/c24-18-6-4-17(19(25)14-18)15-28-20-3-1-2-16-5-7-21(26-22(16)20)27-10-8-23(9-11-27)29-12-13-30-23/h1-7,14H,8-13,15H2. The van der Waals surface area contributed by atoms with Crippen LogP contribution < -0.4 is 9.64 Å². The summed E-state index contributed by atoms with van der Waals surface area (Å²) in [6.07, 6.45) is 1.69. The zero-order chi connectivity index (χ0) is 20.6. The molecule has 1 aromatic heterocycles. The Kier molecular flexibility index (Phi) is 5.46. The van der Waals surface area contributed by atoms with Gasteiger partial charge in [0.05, 0.1) is 13.2 Å². The molecule has 0 amide bonds. The maximum Gasteiger partial charge on any atom is 0.171 e. The molecule has 156 valence electrons. The molecule has 5 rings (SSSR count). The van der Waals surface area contributed by atoms with Crippen molar-refractivity contribution in [2.75, 3.05) is 31.2 Å². The smallest absolute Gasteiger partial charge is 0.171 e. The minimum absolute atomic E-state index is 0.349. The summed E-state index contributed by atoms with van der Waals surface area (Å²) < 4.78 is 17.8. The predicted octanol–water partition coefficient (Wildman–Crippen LogP) is 5.46. The second kappa shape index (κ2) is 8.23. The number of piperidine rings is 1. The van der Waals surface area contributed by atoms with Crippen LogP contribution in [0.1, 0.15) is 18.4 Å². The van der Waals surface area contributed by atoms with Crippen LogP contribution in [0.2, 0.25) is 10.0 Å². The average Bonchev–Trinajstić information content (AvgIpc) is 3.21. The van der Waals surface area contributed by atoms with Crippen molar-refractivity contribution in [3.63, 3.8) is 0 Å². The molecule has 0 radical (unpaired) electrons. The number of hydrogen-bond acceptors (Lipinski definition) is 5. The zero-order valence-electron chi connectivity index (χ0n) is 16.4. The third-order valence-electron chi connectivity index (χ3n) is 5.73. The Balaban J connectivity index is 1.36. The third kappa shape index (κ3) is 3.95. The van der Waals surface area contributed by atoms with Crippen LogP contribution in [0.4, 0.5) is 5.82 Å². The Morgan fingerprint density at radius 2 is 1.80 bits per heavy atom. The highest BCUT2D eigenvalue weighted by Crippen LogP contribution is 2.34. The van der Waals surface area contributed by atoms with Gasteiger partial charge in [0, 0.05) is 46.9 Å². The molecule has 0 unspecified atom stereocenters. The molecule has 0 saturated carbocycles. The van der Waals surface area contributed by atoms with Gasteiger partial charge in [0.2, 0.25) is 0 Å². The molecule has 3 aromatic rings. The van der Waals surface area contributed by atoms with Gasteiger partial charge in [0.1, 0.15) is 23.7 Å². The first-order valence-corrected chi connectivity index (χ1v) is 10.9. The van der Waals surface area contributed by atoms with Crippen LogP contribution in [0.15, 0.2) is 48.5 Å². The van der Waals surface area contributed by atoms with Crippen LogP contribution in [-0.2, 0) is 16.1 Å². The van der Waals surface area contributed by atoms with Gasteiger partial charge in [0.15, 0.2) is 5.79 Å². The number of anilines is 1. The molecule has 2 aliphatic rings. The van der Waals surface area contributed by atoms with Crippen molar-refractivity contribution in [3.8, 4) is 5.75 Å². The molecule has 3 heterocycles. The van der Waals surface area contributed by atoms with Crippen molar-refractivity contribution in [2.24, 2.45) is 0 Å². The predicted molar refractivity (Wildman–Crippen MR) is 119 cm³/mol. The number of ether oxygens (including phenoxy) is 3. The lowest BCUT2D eigenvalue weighted by Crippen LogP contribution is -2.45.